The van der Waals surface area contributed by atoms with Crippen LogP contribution in [0.4, 0.5) is 0 Å². The summed E-state index contributed by atoms with van der Waals surface area (Å²) in [5.74, 6) is 2.75. The van der Waals surface area contributed by atoms with Crippen molar-refractivity contribution in [2.24, 2.45) is 0 Å². The Bertz CT molecular complexity index is 97.5. The van der Waals surface area contributed by atoms with Crippen molar-refractivity contribution in [3.05, 3.63) is 12.2 Å². The zero-order valence-corrected chi connectivity index (χ0v) is 2.97. The Balaban J connectivity index is 3.64. The van der Waals surface area contributed by atoms with E-state index >= 15 is 0 Å². The maximum absolute atomic E-state index is 9.17. The van der Waals surface area contributed by atoms with Crippen LogP contribution in [-0.2, 0) is 9.59 Å². The first-order valence-electron chi connectivity index (χ1n) is 1.32. The fraction of sp³-hybridized carbons (Fsp3) is 0. The molecule has 0 aromatic rings. The van der Waals surface area contributed by atoms with Gasteiger partial charge in [0.2, 0.25) is 0 Å². The molecule has 0 amide bonds. The Labute approximate surface area is 34.8 Å². The molecule has 0 saturated carbocycles. The van der Waals surface area contributed by atoms with Gasteiger partial charge in [0.1, 0.15) is 11.9 Å². The summed E-state index contributed by atoms with van der Waals surface area (Å²) in [6, 6.07) is 0. The van der Waals surface area contributed by atoms with Crippen molar-refractivity contribution < 1.29 is 9.59 Å². The highest BCUT2D eigenvalue weighted by molar-refractivity contribution is 5.58. The molecule has 30 valence electrons. The number of allylic oxidation sites excluding steroid dienone is 2. The molecular weight excluding hydrogens is 80.0 g/mol. The maximum atomic E-state index is 9.17. The molecule has 0 atom stereocenters. The Hall–Kier alpha value is -1.10. The van der Waals surface area contributed by atoms with Crippen LogP contribution in [0.1, 0.15) is 0 Å². The molecule has 0 aliphatic carbocycles. The highest BCUT2D eigenvalue weighted by Gasteiger charge is 1.50. The van der Waals surface area contributed by atoms with Crippen LogP contribution >= 0.6 is 0 Å². The van der Waals surface area contributed by atoms with E-state index in [1.165, 1.54) is 11.9 Å². The predicted octanol–water partition coefficient (Wildman–Crippen LogP) is -0.238. The van der Waals surface area contributed by atoms with Crippen molar-refractivity contribution in [1.82, 2.24) is 0 Å². The average molecular weight is 82.1 g/mol. The molecule has 0 spiro atoms. The second kappa shape index (κ2) is 3.90. The smallest absolute Gasteiger partial charge is 0.125 e. The van der Waals surface area contributed by atoms with Crippen LogP contribution < -0.4 is 0 Å². The van der Waals surface area contributed by atoms with E-state index in [1.807, 2.05) is 0 Å². The molecule has 6 heavy (non-hydrogen) atoms. The van der Waals surface area contributed by atoms with Gasteiger partial charge in [-0.25, -0.2) is 9.59 Å². The first kappa shape index (κ1) is 4.90. The zero-order chi connectivity index (χ0) is 4.83. The van der Waals surface area contributed by atoms with Gasteiger partial charge in [0.05, 0.1) is 0 Å². The lowest BCUT2D eigenvalue weighted by Gasteiger charge is -1.41. The van der Waals surface area contributed by atoms with Gasteiger partial charge in [0, 0.05) is 12.2 Å². The SMILES string of the molecule is O=C=CC=C=O. The number of hydrogen-bond acceptors (Lipinski definition) is 2. The minimum absolute atomic E-state index is 0.951. The van der Waals surface area contributed by atoms with Gasteiger partial charge in [-0.1, -0.05) is 0 Å². The van der Waals surface area contributed by atoms with Crippen LogP contribution in [0.25, 0.3) is 0 Å². The normalized spacial score (nSPS) is 4.67. The van der Waals surface area contributed by atoms with Crippen molar-refractivity contribution in [2.45, 2.75) is 0 Å². The van der Waals surface area contributed by atoms with E-state index < -0.39 is 0 Å². The predicted molar refractivity (Wildman–Crippen MR) is 20.5 cm³/mol. The summed E-state index contributed by atoms with van der Waals surface area (Å²) in [6.07, 6.45) is 1.90. The lowest BCUT2D eigenvalue weighted by Crippen LogP contribution is -1.46. The van der Waals surface area contributed by atoms with Gasteiger partial charge in [0.15, 0.2) is 0 Å². The van der Waals surface area contributed by atoms with E-state index in [2.05, 4.69) is 0 Å². The van der Waals surface area contributed by atoms with E-state index in [0.717, 1.165) is 12.2 Å². The molecule has 0 rings (SSSR count). The lowest BCUT2D eigenvalue weighted by atomic mass is 10.6. The van der Waals surface area contributed by atoms with E-state index in [1.54, 1.807) is 0 Å². The monoisotopic (exact) mass is 82.0 g/mol. The molecular formula is C4H2O2. The number of rotatable bonds is 1. The summed E-state index contributed by atoms with van der Waals surface area (Å²) in [4.78, 5) is 18.3. The third-order valence-electron chi connectivity index (χ3n) is 0.219. The van der Waals surface area contributed by atoms with Crippen molar-refractivity contribution in [3.8, 4) is 0 Å². The van der Waals surface area contributed by atoms with Crippen molar-refractivity contribution in [1.29, 1.82) is 0 Å². The summed E-state index contributed by atoms with van der Waals surface area (Å²) in [5, 5.41) is 0. The molecule has 0 bridgehead atoms. The molecule has 0 radical (unpaired) electrons. The highest BCUT2D eigenvalue weighted by Crippen LogP contribution is 1.50. The average Bonchev–Trinajstić information content (AvgIpc) is 1.61. The lowest BCUT2D eigenvalue weighted by molar-refractivity contribution is 0.566. The largest absolute Gasteiger partial charge is 0.233 e. The van der Waals surface area contributed by atoms with Crippen molar-refractivity contribution >= 4 is 11.9 Å². The fourth-order valence-electron chi connectivity index (χ4n) is 0.0680. The Morgan fingerprint density at radius 2 is 1.33 bits per heavy atom. The maximum Gasteiger partial charge on any atom is 0.125 e. The van der Waals surface area contributed by atoms with Crippen LogP contribution in [0, 0.1) is 0 Å². The van der Waals surface area contributed by atoms with Gasteiger partial charge in [-0.2, -0.15) is 0 Å². The van der Waals surface area contributed by atoms with Crippen LogP contribution in [-0.4, -0.2) is 11.9 Å². The molecule has 0 saturated heterocycles. The summed E-state index contributed by atoms with van der Waals surface area (Å²) < 4.78 is 0. The molecule has 0 heterocycles. The van der Waals surface area contributed by atoms with Crippen molar-refractivity contribution in [3.63, 3.8) is 0 Å². The van der Waals surface area contributed by atoms with E-state index in [4.69, 9.17) is 0 Å². The summed E-state index contributed by atoms with van der Waals surface area (Å²) in [6.45, 7) is 0. The number of hydrogen-bond donors (Lipinski definition) is 0. The van der Waals surface area contributed by atoms with Crippen molar-refractivity contribution in [2.75, 3.05) is 0 Å². The minimum Gasteiger partial charge on any atom is -0.233 e. The molecule has 0 unspecified atom stereocenters. The first-order valence-corrected chi connectivity index (χ1v) is 1.32. The van der Waals surface area contributed by atoms with Gasteiger partial charge >= 0.3 is 0 Å². The molecule has 2 heteroatoms. The third-order valence-corrected chi connectivity index (χ3v) is 0.219. The molecule has 0 aromatic carbocycles. The second-order valence-corrected chi connectivity index (χ2v) is 0.569. The van der Waals surface area contributed by atoms with Gasteiger partial charge < -0.3 is 0 Å². The molecule has 0 N–H and O–H groups in total. The topological polar surface area (TPSA) is 34.1 Å². The standard InChI is InChI=1S/C4H2O2/c5-3-1-2-4-6/h1-2H. The van der Waals surface area contributed by atoms with Gasteiger partial charge in [0.25, 0.3) is 0 Å². The summed E-state index contributed by atoms with van der Waals surface area (Å²) in [7, 11) is 0. The Morgan fingerprint density at radius 3 is 1.50 bits per heavy atom. The van der Waals surface area contributed by atoms with E-state index in [-0.39, 0.29) is 0 Å². The molecule has 0 aliphatic rings. The molecule has 2 nitrogen and oxygen atoms in total. The first-order chi connectivity index (χ1) is 2.91. The zero-order valence-electron chi connectivity index (χ0n) is 2.97. The summed E-state index contributed by atoms with van der Waals surface area (Å²) >= 11 is 0. The van der Waals surface area contributed by atoms with Crippen LogP contribution in [0.3, 0.4) is 0 Å². The van der Waals surface area contributed by atoms with Gasteiger partial charge in [-0.3, -0.25) is 0 Å². The number of carbonyl (C=O) groups excluding carboxylic acids is 2. The minimum atomic E-state index is 0.951. The molecule has 0 aliphatic heterocycles. The van der Waals surface area contributed by atoms with Crippen LogP contribution in [0.2, 0.25) is 0 Å². The highest BCUT2D eigenvalue weighted by atomic mass is 16.1. The van der Waals surface area contributed by atoms with Gasteiger partial charge in [-0.05, 0) is 0 Å². The van der Waals surface area contributed by atoms with Crippen LogP contribution in [0.15, 0.2) is 12.2 Å². The fourth-order valence-corrected chi connectivity index (χ4v) is 0.0680. The van der Waals surface area contributed by atoms with Crippen LogP contribution in [0.5, 0.6) is 0 Å². The third kappa shape index (κ3) is 2.90. The summed E-state index contributed by atoms with van der Waals surface area (Å²) in [5.41, 5.74) is 0. The van der Waals surface area contributed by atoms with Gasteiger partial charge in [-0.15, -0.1) is 0 Å². The van der Waals surface area contributed by atoms with E-state index in [9.17, 15) is 9.59 Å². The van der Waals surface area contributed by atoms with E-state index in [0.29, 0.717) is 0 Å². The molecule has 0 fully saturated rings. The Morgan fingerprint density at radius 1 is 1.00 bits per heavy atom. The second-order valence-electron chi connectivity index (χ2n) is 0.569. The quantitative estimate of drug-likeness (QED) is 0.323. The Kier molecular flexibility index (Phi) is 3.19. The molecule has 0 aromatic heterocycles.